The minimum atomic E-state index is 0.664. The van der Waals surface area contributed by atoms with Crippen molar-refractivity contribution >= 4 is 28.1 Å². The molecule has 6 nitrogen and oxygen atoms in total. The summed E-state index contributed by atoms with van der Waals surface area (Å²) in [5, 5.41) is 21.1. The Balaban J connectivity index is 1.30. The highest BCUT2D eigenvalue weighted by atomic mass is 15.3. The molecule has 1 aromatic heterocycles. The van der Waals surface area contributed by atoms with Crippen LogP contribution < -0.4 is 10.2 Å². The molecule has 1 fully saturated rings. The summed E-state index contributed by atoms with van der Waals surface area (Å²) in [6.07, 6.45) is 0. The van der Waals surface area contributed by atoms with Crippen molar-refractivity contribution in [3.05, 3.63) is 72.3 Å². The molecule has 5 rings (SSSR count). The van der Waals surface area contributed by atoms with Gasteiger partial charge in [0.15, 0.2) is 5.82 Å². The SMILES string of the molecule is CCN1CCN(c2ccc(Nc3n[nH]c4cc(-c5ccc(C#N)cc5)ccc34)cc2)CC1. The summed E-state index contributed by atoms with van der Waals surface area (Å²) in [7, 11) is 0. The third-order valence-electron chi connectivity index (χ3n) is 6.22. The highest BCUT2D eigenvalue weighted by Crippen LogP contribution is 2.29. The number of rotatable bonds is 5. The van der Waals surface area contributed by atoms with Gasteiger partial charge in [0.2, 0.25) is 0 Å². The van der Waals surface area contributed by atoms with Crippen LogP contribution in [0.2, 0.25) is 0 Å². The van der Waals surface area contributed by atoms with E-state index >= 15 is 0 Å². The molecule has 3 aromatic carbocycles. The maximum absolute atomic E-state index is 8.99. The summed E-state index contributed by atoms with van der Waals surface area (Å²) in [4.78, 5) is 4.94. The molecule has 0 bridgehead atoms. The molecular formula is C26H26N6. The van der Waals surface area contributed by atoms with E-state index in [9.17, 15) is 0 Å². The van der Waals surface area contributed by atoms with Gasteiger partial charge in [-0.25, -0.2) is 0 Å². The number of likely N-dealkylation sites (N-methyl/N-ethyl adjacent to an activating group) is 1. The Labute approximate surface area is 188 Å². The second-order valence-electron chi connectivity index (χ2n) is 8.11. The van der Waals surface area contributed by atoms with Gasteiger partial charge < -0.3 is 15.1 Å². The van der Waals surface area contributed by atoms with Crippen LogP contribution in [0.25, 0.3) is 22.0 Å². The Kier molecular flexibility index (Phi) is 5.49. The number of anilines is 3. The summed E-state index contributed by atoms with van der Waals surface area (Å²) in [6, 6.07) is 24.6. The van der Waals surface area contributed by atoms with Crippen molar-refractivity contribution in [3.63, 3.8) is 0 Å². The van der Waals surface area contributed by atoms with Gasteiger partial charge in [0.25, 0.3) is 0 Å². The van der Waals surface area contributed by atoms with E-state index in [4.69, 9.17) is 5.26 Å². The van der Waals surface area contributed by atoms with Gasteiger partial charge in [-0.2, -0.15) is 10.4 Å². The average Bonchev–Trinajstić information content (AvgIpc) is 3.26. The van der Waals surface area contributed by atoms with Crippen LogP contribution in [-0.2, 0) is 0 Å². The molecule has 32 heavy (non-hydrogen) atoms. The molecular weight excluding hydrogens is 396 g/mol. The first-order valence-electron chi connectivity index (χ1n) is 11.1. The van der Waals surface area contributed by atoms with E-state index in [2.05, 4.69) is 80.8 Å². The Morgan fingerprint density at radius 2 is 1.66 bits per heavy atom. The van der Waals surface area contributed by atoms with E-state index in [-0.39, 0.29) is 0 Å². The average molecular weight is 423 g/mol. The quantitative estimate of drug-likeness (QED) is 0.474. The second-order valence-corrected chi connectivity index (χ2v) is 8.11. The van der Waals surface area contributed by atoms with Crippen LogP contribution >= 0.6 is 0 Å². The molecule has 2 N–H and O–H groups in total. The topological polar surface area (TPSA) is 71.0 Å². The monoisotopic (exact) mass is 422 g/mol. The summed E-state index contributed by atoms with van der Waals surface area (Å²) in [6.45, 7) is 7.75. The number of aromatic nitrogens is 2. The maximum atomic E-state index is 8.99. The molecule has 0 aliphatic carbocycles. The fourth-order valence-electron chi connectivity index (χ4n) is 4.25. The molecule has 0 saturated carbocycles. The summed E-state index contributed by atoms with van der Waals surface area (Å²) >= 11 is 0. The van der Waals surface area contributed by atoms with Gasteiger partial charge >= 0.3 is 0 Å². The highest BCUT2D eigenvalue weighted by molar-refractivity contribution is 5.94. The number of nitriles is 1. The molecule has 160 valence electrons. The summed E-state index contributed by atoms with van der Waals surface area (Å²) in [5.74, 6) is 0.815. The molecule has 0 atom stereocenters. The molecule has 4 aromatic rings. The zero-order valence-corrected chi connectivity index (χ0v) is 18.2. The lowest BCUT2D eigenvalue weighted by molar-refractivity contribution is 0.271. The van der Waals surface area contributed by atoms with E-state index in [0.717, 1.165) is 66.3 Å². The zero-order chi connectivity index (χ0) is 21.9. The molecule has 0 amide bonds. The fraction of sp³-hybridized carbons (Fsp3) is 0.231. The standard InChI is InChI=1S/C26H26N6/c1-2-31-13-15-32(16-14-31)23-10-8-22(9-11-23)28-26-24-12-7-21(17-25(24)29-30-26)20-5-3-19(18-27)4-6-20/h3-12,17H,2,13-16H2,1H3,(H2,28,29,30). The number of nitrogens with one attached hydrogen (secondary N) is 2. The van der Waals surface area contributed by atoms with Gasteiger partial charge in [0.05, 0.1) is 17.1 Å². The first kappa shape index (κ1) is 20.1. The molecule has 1 aliphatic rings. The predicted octanol–water partition coefficient (Wildman–Crippen LogP) is 4.99. The second kappa shape index (κ2) is 8.74. The van der Waals surface area contributed by atoms with Gasteiger partial charge in [0, 0.05) is 42.9 Å². The lowest BCUT2D eigenvalue weighted by Crippen LogP contribution is -2.46. The van der Waals surface area contributed by atoms with E-state index < -0.39 is 0 Å². The predicted molar refractivity (Wildman–Crippen MR) is 130 cm³/mol. The van der Waals surface area contributed by atoms with Crippen LogP contribution in [-0.4, -0.2) is 47.8 Å². The highest BCUT2D eigenvalue weighted by Gasteiger charge is 2.16. The van der Waals surface area contributed by atoms with Crippen molar-refractivity contribution in [3.8, 4) is 17.2 Å². The Hall–Kier alpha value is -3.82. The molecule has 0 unspecified atom stereocenters. The smallest absolute Gasteiger partial charge is 0.160 e. The number of fused-ring (bicyclic) bond motifs is 1. The van der Waals surface area contributed by atoms with Gasteiger partial charge in [-0.05, 0) is 66.2 Å². The van der Waals surface area contributed by atoms with Crippen LogP contribution in [0.5, 0.6) is 0 Å². The summed E-state index contributed by atoms with van der Waals surface area (Å²) in [5.41, 5.74) is 6.09. The normalized spacial score (nSPS) is 14.4. The molecule has 1 aliphatic heterocycles. The van der Waals surface area contributed by atoms with Gasteiger partial charge in [-0.1, -0.05) is 25.1 Å². The van der Waals surface area contributed by atoms with Crippen molar-refractivity contribution in [2.24, 2.45) is 0 Å². The van der Waals surface area contributed by atoms with Gasteiger partial charge in [-0.15, -0.1) is 0 Å². The fourth-order valence-corrected chi connectivity index (χ4v) is 4.25. The third-order valence-corrected chi connectivity index (χ3v) is 6.22. The number of hydrogen-bond donors (Lipinski definition) is 2. The van der Waals surface area contributed by atoms with Crippen molar-refractivity contribution in [2.45, 2.75) is 6.92 Å². The number of piperazine rings is 1. The van der Waals surface area contributed by atoms with Crippen molar-refractivity contribution in [1.29, 1.82) is 5.26 Å². The first-order valence-corrected chi connectivity index (χ1v) is 11.1. The molecule has 6 heteroatoms. The van der Waals surface area contributed by atoms with Gasteiger partial charge in [-0.3, -0.25) is 5.10 Å². The van der Waals surface area contributed by atoms with Crippen molar-refractivity contribution in [1.82, 2.24) is 15.1 Å². The lowest BCUT2D eigenvalue weighted by atomic mass is 10.0. The minimum Gasteiger partial charge on any atom is -0.369 e. The number of benzene rings is 3. The Morgan fingerprint density at radius 3 is 2.34 bits per heavy atom. The largest absolute Gasteiger partial charge is 0.369 e. The van der Waals surface area contributed by atoms with Crippen LogP contribution in [0.4, 0.5) is 17.2 Å². The van der Waals surface area contributed by atoms with E-state index in [1.165, 1.54) is 5.69 Å². The minimum absolute atomic E-state index is 0.664. The zero-order valence-electron chi connectivity index (χ0n) is 18.2. The van der Waals surface area contributed by atoms with Crippen LogP contribution in [0.1, 0.15) is 12.5 Å². The third kappa shape index (κ3) is 4.03. The Bertz CT molecular complexity index is 1240. The number of hydrogen-bond acceptors (Lipinski definition) is 5. The van der Waals surface area contributed by atoms with E-state index in [1.807, 2.05) is 24.3 Å². The Morgan fingerprint density at radius 1 is 0.938 bits per heavy atom. The summed E-state index contributed by atoms with van der Waals surface area (Å²) < 4.78 is 0. The first-order chi connectivity index (χ1) is 15.7. The molecule has 2 heterocycles. The molecule has 1 saturated heterocycles. The lowest BCUT2D eigenvalue weighted by Gasteiger charge is -2.35. The molecule has 0 spiro atoms. The van der Waals surface area contributed by atoms with E-state index in [0.29, 0.717) is 5.56 Å². The van der Waals surface area contributed by atoms with Crippen LogP contribution in [0, 0.1) is 11.3 Å². The van der Waals surface area contributed by atoms with Crippen molar-refractivity contribution in [2.75, 3.05) is 42.9 Å². The van der Waals surface area contributed by atoms with Gasteiger partial charge in [0.1, 0.15) is 0 Å². The number of H-pyrrole nitrogens is 1. The van der Waals surface area contributed by atoms with Crippen molar-refractivity contribution < 1.29 is 0 Å². The van der Waals surface area contributed by atoms with Crippen LogP contribution in [0.3, 0.4) is 0 Å². The van der Waals surface area contributed by atoms with E-state index in [1.54, 1.807) is 0 Å². The van der Waals surface area contributed by atoms with Crippen LogP contribution in [0.15, 0.2) is 66.7 Å². The maximum Gasteiger partial charge on any atom is 0.160 e. The molecule has 0 radical (unpaired) electrons. The number of nitrogens with zero attached hydrogens (tertiary/aromatic N) is 4. The number of aromatic amines is 1.